The van der Waals surface area contributed by atoms with Crippen LogP contribution in [0.1, 0.15) is 46.5 Å². The van der Waals surface area contributed by atoms with E-state index in [0.717, 1.165) is 37.4 Å². The molecule has 1 aliphatic carbocycles. The lowest BCUT2D eigenvalue weighted by Gasteiger charge is -2.39. The molecule has 98 valence electrons. The van der Waals surface area contributed by atoms with Gasteiger partial charge in [-0.3, -0.25) is 4.79 Å². The quantitative estimate of drug-likeness (QED) is 0.558. The molecular formula is C13H24O3Si. The molecule has 2 aliphatic rings. The van der Waals surface area contributed by atoms with Crippen molar-refractivity contribution < 1.29 is 14.0 Å². The lowest BCUT2D eigenvalue weighted by molar-refractivity contribution is -0.186. The molecule has 1 saturated carbocycles. The minimum Gasteiger partial charge on any atom is -0.434 e. The number of hydrogen-bond acceptors (Lipinski definition) is 3. The van der Waals surface area contributed by atoms with Gasteiger partial charge in [0.1, 0.15) is 0 Å². The highest BCUT2D eigenvalue weighted by Crippen LogP contribution is 2.49. The summed E-state index contributed by atoms with van der Waals surface area (Å²) in [4.78, 5) is 11.5. The lowest BCUT2D eigenvalue weighted by Crippen LogP contribution is -2.48. The summed E-state index contributed by atoms with van der Waals surface area (Å²) in [5.41, 5.74) is 0. The Morgan fingerprint density at radius 3 is 2.59 bits per heavy atom. The molecule has 3 nitrogen and oxygen atoms in total. The van der Waals surface area contributed by atoms with Crippen molar-refractivity contribution >= 4 is 14.3 Å². The van der Waals surface area contributed by atoms with Gasteiger partial charge in [-0.1, -0.05) is 20.8 Å². The van der Waals surface area contributed by atoms with Gasteiger partial charge in [0.15, 0.2) is 8.32 Å². The molecule has 4 heteroatoms. The SMILES string of the molecule is CC[Si](CC)(CC)OC12CCCC1CC(=O)O2. The molecule has 2 atom stereocenters. The highest BCUT2D eigenvalue weighted by atomic mass is 28.4. The molecule has 2 unspecified atom stereocenters. The summed E-state index contributed by atoms with van der Waals surface area (Å²) in [6, 6.07) is 3.35. The average molecular weight is 256 g/mol. The summed E-state index contributed by atoms with van der Waals surface area (Å²) in [6.45, 7) is 6.66. The Bertz CT molecular complexity index is 293. The number of ether oxygens (including phenoxy) is 1. The van der Waals surface area contributed by atoms with Crippen molar-refractivity contribution in [3.05, 3.63) is 0 Å². The molecule has 0 amide bonds. The second-order valence-corrected chi connectivity index (χ2v) is 10.1. The number of hydrogen-bond donors (Lipinski definition) is 0. The van der Waals surface area contributed by atoms with Crippen LogP contribution in [0.15, 0.2) is 0 Å². The number of fused-ring (bicyclic) bond motifs is 1. The minimum absolute atomic E-state index is 0.0547. The first-order valence-corrected chi connectivity index (χ1v) is 9.54. The molecule has 1 saturated heterocycles. The number of rotatable bonds is 5. The van der Waals surface area contributed by atoms with Gasteiger partial charge in [0.2, 0.25) is 5.79 Å². The molecule has 0 aromatic heterocycles. The zero-order valence-electron chi connectivity index (χ0n) is 11.3. The molecule has 0 aromatic rings. The van der Waals surface area contributed by atoms with E-state index in [1.165, 1.54) is 0 Å². The fourth-order valence-electron chi connectivity index (χ4n) is 3.33. The van der Waals surface area contributed by atoms with Crippen LogP contribution >= 0.6 is 0 Å². The van der Waals surface area contributed by atoms with Crippen molar-refractivity contribution in [3.63, 3.8) is 0 Å². The van der Waals surface area contributed by atoms with Gasteiger partial charge in [-0.2, -0.15) is 0 Å². The third kappa shape index (κ3) is 2.17. The fraction of sp³-hybridized carbons (Fsp3) is 0.923. The van der Waals surface area contributed by atoms with Crippen LogP contribution in [0.3, 0.4) is 0 Å². The highest BCUT2D eigenvalue weighted by Gasteiger charge is 2.56. The van der Waals surface area contributed by atoms with Crippen LogP contribution in [-0.4, -0.2) is 20.1 Å². The van der Waals surface area contributed by atoms with Crippen molar-refractivity contribution in [1.29, 1.82) is 0 Å². The molecule has 0 aromatic carbocycles. The van der Waals surface area contributed by atoms with E-state index in [9.17, 15) is 4.79 Å². The molecule has 1 aliphatic heterocycles. The Hall–Kier alpha value is -0.353. The van der Waals surface area contributed by atoms with E-state index in [4.69, 9.17) is 9.16 Å². The summed E-state index contributed by atoms with van der Waals surface area (Å²) < 4.78 is 12.1. The molecule has 17 heavy (non-hydrogen) atoms. The monoisotopic (exact) mass is 256 g/mol. The average Bonchev–Trinajstić information content (AvgIpc) is 2.81. The number of carbonyl (C=O) groups is 1. The predicted molar refractivity (Wildman–Crippen MR) is 69.1 cm³/mol. The maximum absolute atomic E-state index is 11.5. The molecule has 2 rings (SSSR count). The summed E-state index contributed by atoms with van der Waals surface area (Å²) in [5, 5.41) is 0. The van der Waals surface area contributed by atoms with E-state index in [-0.39, 0.29) is 5.97 Å². The van der Waals surface area contributed by atoms with Crippen LogP contribution in [0, 0.1) is 5.92 Å². The van der Waals surface area contributed by atoms with Crippen molar-refractivity contribution in [2.75, 3.05) is 0 Å². The molecule has 0 bridgehead atoms. The molecule has 0 spiro atoms. The van der Waals surface area contributed by atoms with E-state index in [1.807, 2.05) is 0 Å². The van der Waals surface area contributed by atoms with E-state index in [0.29, 0.717) is 12.3 Å². The van der Waals surface area contributed by atoms with Gasteiger partial charge in [0, 0.05) is 12.3 Å². The summed E-state index contributed by atoms with van der Waals surface area (Å²) in [7, 11) is -1.68. The van der Waals surface area contributed by atoms with Gasteiger partial charge in [0.25, 0.3) is 0 Å². The first-order chi connectivity index (χ1) is 8.10. The molecule has 2 fully saturated rings. The van der Waals surface area contributed by atoms with Gasteiger partial charge in [0.05, 0.1) is 6.42 Å². The molecular weight excluding hydrogens is 232 g/mol. The second kappa shape index (κ2) is 4.73. The van der Waals surface area contributed by atoms with Crippen LogP contribution in [0.4, 0.5) is 0 Å². The zero-order chi connectivity index (χ0) is 12.5. The third-order valence-electron chi connectivity index (χ3n) is 4.72. The van der Waals surface area contributed by atoms with Crippen molar-refractivity contribution in [3.8, 4) is 0 Å². The van der Waals surface area contributed by atoms with E-state index in [2.05, 4.69) is 20.8 Å². The van der Waals surface area contributed by atoms with E-state index in [1.54, 1.807) is 0 Å². The van der Waals surface area contributed by atoms with Crippen LogP contribution in [-0.2, 0) is 14.0 Å². The van der Waals surface area contributed by atoms with Crippen LogP contribution in [0.25, 0.3) is 0 Å². The van der Waals surface area contributed by atoms with Crippen molar-refractivity contribution in [2.24, 2.45) is 5.92 Å². The standard InChI is InChI=1S/C13H24O3Si/c1-4-17(5-2,6-3)16-13-9-7-8-11(13)10-12(14)15-13/h11H,4-10H2,1-3H3. The predicted octanol–water partition coefficient (Wildman–Crippen LogP) is 3.45. The largest absolute Gasteiger partial charge is 0.434 e. The van der Waals surface area contributed by atoms with Gasteiger partial charge in [-0.25, -0.2) is 0 Å². The smallest absolute Gasteiger partial charge is 0.308 e. The van der Waals surface area contributed by atoms with Gasteiger partial charge in [-0.05, 0) is 31.0 Å². The topological polar surface area (TPSA) is 35.5 Å². The van der Waals surface area contributed by atoms with E-state index < -0.39 is 14.1 Å². The Morgan fingerprint density at radius 2 is 2.00 bits per heavy atom. The maximum Gasteiger partial charge on any atom is 0.308 e. The van der Waals surface area contributed by atoms with Crippen LogP contribution in [0.5, 0.6) is 0 Å². The first kappa shape index (κ1) is 13.1. The first-order valence-electron chi connectivity index (χ1n) is 7.01. The Morgan fingerprint density at radius 1 is 1.35 bits per heavy atom. The molecule has 0 N–H and O–H groups in total. The second-order valence-electron chi connectivity index (χ2n) is 5.42. The Balaban J connectivity index is 2.18. The molecule has 0 radical (unpaired) electrons. The Kier molecular flexibility index (Phi) is 3.64. The van der Waals surface area contributed by atoms with Crippen molar-refractivity contribution in [2.45, 2.75) is 70.4 Å². The van der Waals surface area contributed by atoms with Gasteiger partial charge < -0.3 is 9.16 Å². The minimum atomic E-state index is -1.68. The van der Waals surface area contributed by atoms with E-state index >= 15 is 0 Å². The van der Waals surface area contributed by atoms with Crippen LogP contribution < -0.4 is 0 Å². The summed E-state index contributed by atoms with van der Waals surface area (Å²) in [5.74, 6) is -0.252. The summed E-state index contributed by atoms with van der Waals surface area (Å²) >= 11 is 0. The maximum atomic E-state index is 11.5. The van der Waals surface area contributed by atoms with Crippen LogP contribution in [0.2, 0.25) is 18.1 Å². The van der Waals surface area contributed by atoms with Gasteiger partial charge >= 0.3 is 5.97 Å². The normalized spacial score (nSPS) is 32.6. The number of esters is 1. The number of carbonyl (C=O) groups excluding carboxylic acids is 1. The van der Waals surface area contributed by atoms with Gasteiger partial charge in [-0.15, -0.1) is 0 Å². The summed E-state index contributed by atoms with van der Waals surface area (Å²) in [6.07, 6.45) is 3.71. The third-order valence-corrected chi connectivity index (χ3v) is 9.37. The van der Waals surface area contributed by atoms with Crippen molar-refractivity contribution in [1.82, 2.24) is 0 Å². The highest BCUT2D eigenvalue weighted by molar-refractivity contribution is 6.73. The lowest BCUT2D eigenvalue weighted by atomic mass is 10.0. The molecule has 1 heterocycles. The zero-order valence-corrected chi connectivity index (χ0v) is 12.3. The fourth-order valence-corrected chi connectivity index (χ4v) is 6.31. The Labute approximate surface area is 105 Å².